The van der Waals surface area contributed by atoms with Crippen molar-refractivity contribution in [3.63, 3.8) is 0 Å². The van der Waals surface area contributed by atoms with Crippen LogP contribution in [0.25, 0.3) is 0 Å². The third-order valence-corrected chi connectivity index (χ3v) is 3.72. The number of nitriles is 1. The van der Waals surface area contributed by atoms with Crippen LogP contribution in [0.4, 0.5) is 4.79 Å². The minimum atomic E-state index is -0.683. The zero-order valence-electron chi connectivity index (χ0n) is 13.5. The minimum Gasteiger partial charge on any atom is -0.444 e. The van der Waals surface area contributed by atoms with E-state index in [1.165, 1.54) is 0 Å². The Labute approximate surface area is 125 Å². The fraction of sp³-hybridized carbons (Fsp3) is 0.867. The molecule has 0 aromatic heterocycles. The molecule has 2 aliphatic rings. The van der Waals surface area contributed by atoms with E-state index in [2.05, 4.69) is 6.07 Å². The summed E-state index contributed by atoms with van der Waals surface area (Å²) in [6, 6.07) is 1.60. The van der Waals surface area contributed by atoms with Gasteiger partial charge in [0.25, 0.3) is 0 Å². The number of carbonyl (C=O) groups excluding carboxylic acids is 1. The largest absolute Gasteiger partial charge is 0.444 e. The topological polar surface area (TPSA) is 71.8 Å². The summed E-state index contributed by atoms with van der Waals surface area (Å²) in [4.78, 5) is 14.0. The molecule has 2 aliphatic heterocycles. The van der Waals surface area contributed by atoms with Crippen molar-refractivity contribution < 1.29 is 19.0 Å². The lowest BCUT2D eigenvalue weighted by Gasteiger charge is -2.33. The highest BCUT2D eigenvalue weighted by Gasteiger charge is 2.58. The van der Waals surface area contributed by atoms with Crippen LogP contribution in [0.2, 0.25) is 0 Å². The lowest BCUT2D eigenvalue weighted by molar-refractivity contribution is -0.165. The molecule has 0 aromatic rings. The Morgan fingerprint density at radius 1 is 1.33 bits per heavy atom. The van der Waals surface area contributed by atoms with Gasteiger partial charge in [0.2, 0.25) is 0 Å². The number of nitrogens with zero attached hydrogens (tertiary/aromatic N) is 2. The molecule has 2 fully saturated rings. The first-order valence-corrected chi connectivity index (χ1v) is 7.29. The van der Waals surface area contributed by atoms with Crippen molar-refractivity contribution in [2.45, 2.75) is 83.6 Å². The van der Waals surface area contributed by atoms with Gasteiger partial charge >= 0.3 is 6.09 Å². The van der Waals surface area contributed by atoms with Crippen LogP contribution in [0, 0.1) is 11.3 Å². The summed E-state index contributed by atoms with van der Waals surface area (Å²) >= 11 is 0. The molecular formula is C15H24N2O4. The Kier molecular flexibility index (Phi) is 3.94. The summed E-state index contributed by atoms with van der Waals surface area (Å²) in [5.74, 6) is -0.683. The van der Waals surface area contributed by atoms with Gasteiger partial charge in [-0.15, -0.1) is 0 Å². The number of hydrogen-bond donors (Lipinski definition) is 0. The van der Waals surface area contributed by atoms with Gasteiger partial charge in [0.1, 0.15) is 17.8 Å². The third kappa shape index (κ3) is 3.14. The van der Waals surface area contributed by atoms with E-state index in [0.29, 0.717) is 0 Å². The average molecular weight is 296 g/mol. The first-order chi connectivity index (χ1) is 9.56. The Hall–Kier alpha value is -1.32. The smallest absolute Gasteiger partial charge is 0.410 e. The quantitative estimate of drug-likeness (QED) is 0.743. The van der Waals surface area contributed by atoms with Crippen molar-refractivity contribution in [3.8, 4) is 6.07 Å². The molecule has 0 saturated carbocycles. The van der Waals surface area contributed by atoms with Crippen molar-refractivity contribution in [2.24, 2.45) is 0 Å². The van der Waals surface area contributed by atoms with Crippen LogP contribution in [0.3, 0.4) is 0 Å². The third-order valence-electron chi connectivity index (χ3n) is 3.72. The second-order valence-electron chi connectivity index (χ2n) is 7.12. The monoisotopic (exact) mass is 296 g/mol. The molecule has 2 saturated heterocycles. The van der Waals surface area contributed by atoms with Gasteiger partial charge in [0.15, 0.2) is 5.79 Å². The van der Waals surface area contributed by atoms with Crippen molar-refractivity contribution in [3.05, 3.63) is 0 Å². The predicted octanol–water partition coefficient (Wildman–Crippen LogP) is 2.43. The number of rotatable bonds is 1. The molecule has 2 heterocycles. The van der Waals surface area contributed by atoms with Gasteiger partial charge in [-0.3, -0.25) is 4.90 Å². The van der Waals surface area contributed by atoms with Crippen LogP contribution in [-0.4, -0.2) is 46.7 Å². The van der Waals surface area contributed by atoms with E-state index in [1.807, 2.05) is 41.5 Å². The lowest BCUT2D eigenvalue weighted by Crippen LogP contribution is -2.47. The Bertz CT molecular complexity index is 463. The van der Waals surface area contributed by atoms with Gasteiger partial charge in [0, 0.05) is 0 Å². The minimum absolute atomic E-state index is 0.190. The van der Waals surface area contributed by atoms with Crippen molar-refractivity contribution in [1.29, 1.82) is 5.26 Å². The number of ether oxygens (including phenoxy) is 3. The molecule has 0 aliphatic carbocycles. The lowest BCUT2D eigenvalue weighted by atomic mass is 10.1. The first kappa shape index (κ1) is 16.1. The summed E-state index contributed by atoms with van der Waals surface area (Å²) in [5.41, 5.74) is -0.577. The van der Waals surface area contributed by atoms with Gasteiger partial charge in [-0.25, -0.2) is 4.79 Å². The van der Waals surface area contributed by atoms with E-state index in [9.17, 15) is 4.79 Å². The fourth-order valence-corrected chi connectivity index (χ4v) is 3.03. The molecular weight excluding hydrogens is 272 g/mol. The number of carbonyl (C=O) groups is 1. The van der Waals surface area contributed by atoms with Gasteiger partial charge < -0.3 is 14.2 Å². The van der Waals surface area contributed by atoms with E-state index < -0.39 is 17.5 Å². The zero-order chi connectivity index (χ0) is 16.0. The second kappa shape index (κ2) is 5.15. The highest BCUT2D eigenvalue weighted by atomic mass is 16.8. The number of fused-ring (bicyclic) bond motifs is 1. The van der Waals surface area contributed by atoms with E-state index >= 15 is 0 Å². The predicted molar refractivity (Wildman–Crippen MR) is 75.4 cm³/mol. The summed E-state index contributed by atoms with van der Waals surface area (Å²) < 4.78 is 17.2. The van der Waals surface area contributed by atoms with Gasteiger partial charge in [-0.05, 0) is 41.5 Å². The van der Waals surface area contributed by atoms with Gasteiger partial charge in [-0.1, -0.05) is 0 Å². The molecule has 0 radical (unpaired) electrons. The van der Waals surface area contributed by atoms with Crippen LogP contribution >= 0.6 is 0 Å². The molecule has 0 aromatic carbocycles. The molecule has 0 N–H and O–H groups in total. The van der Waals surface area contributed by atoms with Gasteiger partial charge in [0.05, 0.1) is 24.6 Å². The fourth-order valence-electron chi connectivity index (χ4n) is 3.03. The van der Waals surface area contributed by atoms with E-state index in [-0.39, 0.29) is 30.7 Å². The second-order valence-corrected chi connectivity index (χ2v) is 7.12. The van der Waals surface area contributed by atoms with Crippen molar-refractivity contribution in [2.75, 3.05) is 0 Å². The maximum absolute atomic E-state index is 12.4. The van der Waals surface area contributed by atoms with Crippen LogP contribution in [0.15, 0.2) is 0 Å². The highest BCUT2D eigenvalue weighted by Crippen LogP contribution is 2.41. The SMILES string of the molecule is C[C@@H]1[C@H]2OC(C)(C)O[C@H]2[C@H](CC#N)N1C(=O)OC(C)(C)C. The molecule has 6 nitrogen and oxygen atoms in total. The Balaban J connectivity index is 2.22. The summed E-state index contributed by atoms with van der Waals surface area (Å²) in [6.07, 6.45) is -0.743. The maximum Gasteiger partial charge on any atom is 0.410 e. The summed E-state index contributed by atoms with van der Waals surface area (Å²) in [5, 5.41) is 9.07. The first-order valence-electron chi connectivity index (χ1n) is 7.29. The molecule has 6 heteroatoms. The molecule has 118 valence electrons. The average Bonchev–Trinajstić information content (AvgIpc) is 2.72. The van der Waals surface area contributed by atoms with Crippen molar-refractivity contribution >= 4 is 6.09 Å². The van der Waals surface area contributed by atoms with Crippen molar-refractivity contribution in [1.82, 2.24) is 4.90 Å². The summed E-state index contributed by atoms with van der Waals surface area (Å²) in [7, 11) is 0. The maximum atomic E-state index is 12.4. The van der Waals surface area contributed by atoms with Crippen LogP contribution in [0.5, 0.6) is 0 Å². The van der Waals surface area contributed by atoms with E-state index in [1.54, 1.807) is 4.90 Å². The zero-order valence-corrected chi connectivity index (χ0v) is 13.5. The van der Waals surface area contributed by atoms with E-state index in [0.717, 1.165) is 0 Å². The molecule has 21 heavy (non-hydrogen) atoms. The highest BCUT2D eigenvalue weighted by molar-refractivity contribution is 5.70. The summed E-state index contributed by atoms with van der Waals surface area (Å²) in [6.45, 7) is 11.1. The standard InChI is InChI=1S/C15H24N2O4/c1-9-11-12(20-15(5,6)19-11)10(7-8-16)17(9)13(18)21-14(2,3)4/h9-12H,7H2,1-6H3/t9-,10+,11-,12+/m1/s1. The molecule has 1 amide bonds. The number of likely N-dealkylation sites (tertiary alicyclic amines) is 1. The van der Waals surface area contributed by atoms with Crippen LogP contribution in [0.1, 0.15) is 48.0 Å². The number of amides is 1. The van der Waals surface area contributed by atoms with E-state index in [4.69, 9.17) is 19.5 Å². The Morgan fingerprint density at radius 2 is 1.90 bits per heavy atom. The van der Waals surface area contributed by atoms with Gasteiger partial charge in [-0.2, -0.15) is 5.26 Å². The molecule has 2 rings (SSSR count). The normalized spacial score (nSPS) is 34.4. The molecule has 0 bridgehead atoms. The number of hydrogen-bond acceptors (Lipinski definition) is 5. The Morgan fingerprint density at radius 3 is 2.43 bits per heavy atom. The molecule has 4 atom stereocenters. The molecule has 0 spiro atoms. The van der Waals surface area contributed by atoms with Crippen LogP contribution < -0.4 is 0 Å². The van der Waals surface area contributed by atoms with Crippen LogP contribution in [-0.2, 0) is 14.2 Å². The molecule has 0 unspecified atom stereocenters.